The summed E-state index contributed by atoms with van der Waals surface area (Å²) in [5.74, 6) is -1.94. The van der Waals surface area contributed by atoms with Gasteiger partial charge in [-0.25, -0.2) is 0 Å². The van der Waals surface area contributed by atoms with Crippen LogP contribution in [0.15, 0.2) is 0 Å². The standard InChI is InChI=1S/C38H72N6O6/c1-18-28(10)42(15)35(50)31(36(11,12)13)43(16)34(49)30(21-25(5)6)44(17)38(23-46,26(7)8)41-33(48)29(19-2)39-37(14,22-45)40-32(47)27(9)20-24(3)4/h22-31,39H,18-21H2,1-17H3,(H,40,47)(H,41,48). The molecule has 3 N–H and O–H groups in total. The van der Waals surface area contributed by atoms with Gasteiger partial charge in [0, 0.05) is 26.1 Å². The number of carbonyl (C=O) groups is 6. The van der Waals surface area contributed by atoms with Gasteiger partial charge in [0.05, 0.1) is 12.1 Å². The summed E-state index contributed by atoms with van der Waals surface area (Å²) in [7, 11) is 5.03. The number of nitrogens with one attached hydrogen (secondary N) is 3. The van der Waals surface area contributed by atoms with Crippen LogP contribution in [0.2, 0.25) is 0 Å². The topological polar surface area (TPSA) is 148 Å². The molecule has 0 aromatic heterocycles. The van der Waals surface area contributed by atoms with Crippen molar-refractivity contribution in [1.82, 2.24) is 30.7 Å². The SMILES string of the molecule is CCC(NC(C)(C=O)NC(=O)C(C)CC(C)C)C(=O)NC(C=O)(C(C)C)N(C)C(CC(C)C)C(=O)N(C)C(C(=O)N(C)C(C)CC)C(C)(C)C. The zero-order chi connectivity index (χ0) is 39.5. The minimum absolute atomic E-state index is 0.0261. The first-order valence-corrected chi connectivity index (χ1v) is 18.4. The van der Waals surface area contributed by atoms with E-state index in [2.05, 4.69) is 16.0 Å². The van der Waals surface area contributed by atoms with Crippen molar-refractivity contribution < 1.29 is 28.8 Å². The average molecular weight is 709 g/mol. The van der Waals surface area contributed by atoms with Crippen molar-refractivity contribution in [3.63, 3.8) is 0 Å². The summed E-state index contributed by atoms with van der Waals surface area (Å²) in [5, 5.41) is 8.68. The quantitative estimate of drug-likeness (QED) is 0.119. The molecule has 0 radical (unpaired) electrons. The lowest BCUT2D eigenvalue weighted by Crippen LogP contribution is -2.71. The number of likely N-dealkylation sites (N-methyl/N-ethyl adjacent to an activating group) is 3. The normalized spacial score (nSPS) is 17.6. The van der Waals surface area contributed by atoms with Gasteiger partial charge in [-0.05, 0) is 69.7 Å². The highest BCUT2D eigenvalue weighted by atomic mass is 16.2. The zero-order valence-corrected chi connectivity index (χ0v) is 34.4. The molecule has 0 aromatic rings. The van der Waals surface area contributed by atoms with E-state index < -0.39 is 46.7 Å². The zero-order valence-electron chi connectivity index (χ0n) is 34.4. The molecule has 7 unspecified atom stereocenters. The lowest BCUT2D eigenvalue weighted by molar-refractivity contribution is -0.156. The van der Waals surface area contributed by atoms with Crippen molar-refractivity contribution in [2.24, 2.45) is 29.1 Å². The summed E-state index contributed by atoms with van der Waals surface area (Å²) >= 11 is 0. The van der Waals surface area contributed by atoms with Crippen LogP contribution < -0.4 is 16.0 Å². The van der Waals surface area contributed by atoms with Crippen LogP contribution in [0, 0.1) is 29.1 Å². The molecule has 4 amide bonds. The lowest BCUT2D eigenvalue weighted by atomic mass is 9.83. The summed E-state index contributed by atoms with van der Waals surface area (Å²) in [5.41, 5.74) is -3.79. The number of hydrogen-bond donors (Lipinski definition) is 3. The van der Waals surface area contributed by atoms with Crippen molar-refractivity contribution in [3.05, 3.63) is 0 Å². The third-order valence-electron chi connectivity index (χ3n) is 9.89. The van der Waals surface area contributed by atoms with Gasteiger partial charge in [0.25, 0.3) is 0 Å². The average Bonchev–Trinajstić information content (AvgIpc) is 3.01. The number of aldehydes is 2. The molecular weight excluding hydrogens is 636 g/mol. The number of nitrogens with zero attached hydrogens (tertiary/aromatic N) is 3. The molecule has 0 saturated carbocycles. The maximum absolute atomic E-state index is 14.6. The van der Waals surface area contributed by atoms with Crippen LogP contribution in [-0.2, 0) is 28.8 Å². The third-order valence-corrected chi connectivity index (χ3v) is 9.89. The fraction of sp³-hybridized carbons (Fsp3) is 0.842. The Kier molecular flexibility index (Phi) is 18.5. The highest BCUT2D eigenvalue weighted by Gasteiger charge is 2.48. The van der Waals surface area contributed by atoms with E-state index in [1.165, 1.54) is 11.8 Å². The summed E-state index contributed by atoms with van der Waals surface area (Å²) in [6.07, 6.45) is 3.19. The van der Waals surface area contributed by atoms with E-state index in [1.54, 1.807) is 58.6 Å². The molecule has 290 valence electrons. The van der Waals surface area contributed by atoms with Crippen LogP contribution in [0.3, 0.4) is 0 Å². The number of carbonyl (C=O) groups excluding carboxylic acids is 6. The van der Waals surface area contributed by atoms with Gasteiger partial charge >= 0.3 is 0 Å². The van der Waals surface area contributed by atoms with Gasteiger partial charge in [-0.2, -0.15) is 0 Å². The first-order chi connectivity index (χ1) is 22.8. The Morgan fingerprint density at radius 3 is 1.58 bits per heavy atom. The Bertz CT molecular complexity index is 1150. The Balaban J connectivity index is 6.77. The summed E-state index contributed by atoms with van der Waals surface area (Å²) in [6.45, 7) is 26.3. The second-order valence-electron chi connectivity index (χ2n) is 16.7. The van der Waals surface area contributed by atoms with Crippen molar-refractivity contribution >= 4 is 36.2 Å². The van der Waals surface area contributed by atoms with Crippen molar-refractivity contribution in [2.45, 2.75) is 158 Å². The first kappa shape index (κ1) is 47.1. The third kappa shape index (κ3) is 12.4. The Hall–Kier alpha value is -2.86. The highest BCUT2D eigenvalue weighted by molar-refractivity contribution is 5.91. The molecule has 50 heavy (non-hydrogen) atoms. The van der Waals surface area contributed by atoms with Gasteiger partial charge in [-0.1, -0.05) is 83.1 Å². The van der Waals surface area contributed by atoms with Crippen LogP contribution in [0.1, 0.15) is 123 Å². The van der Waals surface area contributed by atoms with Gasteiger partial charge in [0.2, 0.25) is 23.6 Å². The maximum Gasteiger partial charge on any atom is 0.245 e. The van der Waals surface area contributed by atoms with Crippen LogP contribution in [0.25, 0.3) is 0 Å². The van der Waals surface area contributed by atoms with E-state index >= 15 is 0 Å². The van der Waals surface area contributed by atoms with Gasteiger partial charge in [-0.15, -0.1) is 0 Å². The maximum atomic E-state index is 14.6. The molecule has 12 heteroatoms. The van der Waals surface area contributed by atoms with Gasteiger partial charge in [0.15, 0.2) is 18.2 Å². The Labute approximate surface area is 303 Å². The minimum atomic E-state index is -1.64. The van der Waals surface area contributed by atoms with Crippen LogP contribution in [0.4, 0.5) is 0 Å². The van der Waals surface area contributed by atoms with Gasteiger partial charge < -0.3 is 20.4 Å². The van der Waals surface area contributed by atoms with Crippen molar-refractivity contribution in [2.75, 3.05) is 21.1 Å². The summed E-state index contributed by atoms with van der Waals surface area (Å²) < 4.78 is 0. The molecule has 7 atom stereocenters. The predicted octanol–water partition coefficient (Wildman–Crippen LogP) is 4.21. The highest BCUT2D eigenvalue weighted by Crippen LogP contribution is 2.30. The number of rotatable bonds is 21. The minimum Gasteiger partial charge on any atom is -0.341 e. The van der Waals surface area contributed by atoms with Crippen LogP contribution >= 0.6 is 0 Å². The molecule has 0 saturated heterocycles. The monoisotopic (exact) mass is 709 g/mol. The first-order valence-electron chi connectivity index (χ1n) is 18.4. The molecule has 0 rings (SSSR count). The number of amides is 4. The molecule has 0 heterocycles. The molecule has 0 bridgehead atoms. The lowest BCUT2D eigenvalue weighted by Gasteiger charge is -2.48. The van der Waals surface area contributed by atoms with Crippen molar-refractivity contribution in [1.29, 1.82) is 0 Å². The summed E-state index contributed by atoms with van der Waals surface area (Å²) in [6, 6.07) is -2.67. The molecule has 0 aromatic carbocycles. The largest absolute Gasteiger partial charge is 0.341 e. The van der Waals surface area contributed by atoms with E-state index in [4.69, 9.17) is 0 Å². The molecule has 0 aliphatic heterocycles. The smallest absolute Gasteiger partial charge is 0.245 e. The molecule has 0 aliphatic rings. The second-order valence-corrected chi connectivity index (χ2v) is 16.7. The van der Waals surface area contributed by atoms with E-state index in [0.29, 0.717) is 25.4 Å². The molecule has 0 fully saturated rings. The summed E-state index contributed by atoms with van der Waals surface area (Å²) in [4.78, 5) is 85.8. The van der Waals surface area contributed by atoms with E-state index in [0.717, 1.165) is 6.42 Å². The van der Waals surface area contributed by atoms with Gasteiger partial charge in [0.1, 0.15) is 11.7 Å². The predicted molar refractivity (Wildman–Crippen MR) is 200 cm³/mol. The Morgan fingerprint density at radius 2 is 1.20 bits per heavy atom. The van der Waals surface area contributed by atoms with E-state index in [9.17, 15) is 28.8 Å². The fourth-order valence-corrected chi connectivity index (χ4v) is 6.47. The second kappa shape index (κ2) is 19.7. The Morgan fingerprint density at radius 1 is 0.680 bits per heavy atom. The number of hydrogen-bond acceptors (Lipinski definition) is 8. The fourth-order valence-electron chi connectivity index (χ4n) is 6.47. The molecular formula is C38H72N6O6. The van der Waals surface area contributed by atoms with Gasteiger partial charge in [-0.3, -0.25) is 39.0 Å². The van der Waals surface area contributed by atoms with E-state index in [-0.39, 0.29) is 47.9 Å². The van der Waals surface area contributed by atoms with Crippen molar-refractivity contribution in [3.8, 4) is 0 Å². The molecule has 12 nitrogen and oxygen atoms in total. The van der Waals surface area contributed by atoms with Crippen LogP contribution in [0.5, 0.6) is 0 Å². The van der Waals surface area contributed by atoms with E-state index in [1.807, 2.05) is 62.3 Å². The molecule has 0 spiro atoms. The molecule has 0 aliphatic carbocycles. The van der Waals surface area contributed by atoms with Crippen LogP contribution in [-0.4, -0.2) is 108 Å².